The van der Waals surface area contributed by atoms with Crippen molar-refractivity contribution in [1.29, 1.82) is 0 Å². The molecule has 1 fully saturated rings. The van der Waals surface area contributed by atoms with E-state index in [1.165, 1.54) is 22.3 Å². The third-order valence-corrected chi connectivity index (χ3v) is 9.32. The molecule has 1 aliphatic heterocycles. The Kier molecular flexibility index (Phi) is 7.99. The second-order valence-corrected chi connectivity index (χ2v) is 12.0. The molecule has 0 aliphatic carbocycles. The van der Waals surface area contributed by atoms with E-state index in [0.29, 0.717) is 0 Å². The largest absolute Gasteiger partial charge is 0.239 e. The Morgan fingerprint density at radius 2 is 0.875 bits per heavy atom. The second kappa shape index (κ2) is 12.1. The molecule has 5 aromatic rings. The van der Waals surface area contributed by atoms with E-state index >= 15 is 0 Å². The molecule has 0 atom stereocenters. The lowest BCUT2D eigenvalue weighted by Gasteiger charge is -2.19. The minimum absolute atomic E-state index is 0.983. The van der Waals surface area contributed by atoms with Crippen molar-refractivity contribution in [3.63, 3.8) is 0 Å². The van der Waals surface area contributed by atoms with Gasteiger partial charge in [0.2, 0.25) is 0 Å². The van der Waals surface area contributed by atoms with Crippen LogP contribution >= 0.6 is 23.5 Å². The van der Waals surface area contributed by atoms with Crippen molar-refractivity contribution < 1.29 is 0 Å². The Bertz CT molecular complexity index is 1610. The van der Waals surface area contributed by atoms with E-state index in [2.05, 4.69) is 135 Å². The Hall–Kier alpha value is -3.86. The van der Waals surface area contributed by atoms with E-state index in [-0.39, 0.29) is 0 Å². The number of hydrogen-bond acceptors (Lipinski definition) is 4. The topological polar surface area (TPSA) is 24.7 Å². The number of rotatable bonds is 5. The summed E-state index contributed by atoms with van der Waals surface area (Å²) < 4.78 is 0. The molecule has 1 saturated heterocycles. The predicted molar refractivity (Wildman–Crippen MR) is 178 cm³/mol. The summed E-state index contributed by atoms with van der Waals surface area (Å²) in [7, 11) is 0. The van der Waals surface area contributed by atoms with Gasteiger partial charge in [-0.25, -0.2) is 9.98 Å². The average Bonchev–Trinajstić information content (AvgIpc) is 3.01. The van der Waals surface area contributed by atoms with Gasteiger partial charge < -0.3 is 0 Å². The molecule has 0 N–H and O–H groups in total. The van der Waals surface area contributed by atoms with Crippen LogP contribution in [0.4, 0.5) is 11.4 Å². The van der Waals surface area contributed by atoms with Crippen LogP contribution in [0, 0.1) is 13.8 Å². The molecular weight excluding hydrogens is 525 g/mol. The molecule has 0 bridgehead atoms. The smallest absolute Gasteiger partial charge is 0.129 e. The van der Waals surface area contributed by atoms with Gasteiger partial charge in [0.1, 0.15) is 10.1 Å². The molecule has 0 amide bonds. The molecule has 0 radical (unpaired) electrons. The van der Waals surface area contributed by atoms with Gasteiger partial charge in [0.25, 0.3) is 0 Å². The first-order chi connectivity index (χ1) is 19.7. The van der Waals surface area contributed by atoms with Crippen molar-refractivity contribution in [1.82, 2.24) is 0 Å². The third-order valence-electron chi connectivity index (χ3n) is 7.00. The van der Waals surface area contributed by atoms with Crippen LogP contribution in [-0.2, 0) is 0 Å². The summed E-state index contributed by atoms with van der Waals surface area (Å²) in [4.78, 5) is 10.7. The summed E-state index contributed by atoms with van der Waals surface area (Å²) in [5.41, 5.74) is 11.3. The first-order valence-electron chi connectivity index (χ1n) is 13.5. The van der Waals surface area contributed by atoms with Crippen LogP contribution < -0.4 is 0 Å². The lowest BCUT2D eigenvalue weighted by atomic mass is 9.91. The Morgan fingerprint density at radius 3 is 1.35 bits per heavy atom. The Morgan fingerprint density at radius 1 is 0.450 bits per heavy atom. The molecule has 5 aromatic carbocycles. The quantitative estimate of drug-likeness (QED) is 0.216. The van der Waals surface area contributed by atoms with E-state index in [0.717, 1.165) is 55.2 Å². The van der Waals surface area contributed by atoms with Gasteiger partial charge in [-0.1, -0.05) is 109 Å². The van der Waals surface area contributed by atoms with Gasteiger partial charge in [-0.15, -0.1) is 23.5 Å². The third kappa shape index (κ3) is 5.70. The van der Waals surface area contributed by atoms with Gasteiger partial charge in [-0.05, 0) is 59.4 Å². The zero-order chi connectivity index (χ0) is 27.3. The molecule has 0 saturated carbocycles. The van der Waals surface area contributed by atoms with Gasteiger partial charge in [0.15, 0.2) is 0 Å². The summed E-state index contributed by atoms with van der Waals surface area (Å²) in [6.07, 6.45) is 0. The molecule has 1 heterocycles. The fourth-order valence-corrected chi connectivity index (χ4v) is 7.03. The summed E-state index contributed by atoms with van der Waals surface area (Å²) in [5, 5.41) is 1.99. The monoisotopic (exact) mass is 554 g/mol. The summed E-state index contributed by atoms with van der Waals surface area (Å²) in [6.45, 7) is 4.26. The molecule has 6 rings (SSSR count). The van der Waals surface area contributed by atoms with E-state index in [1.54, 1.807) is 23.5 Å². The summed E-state index contributed by atoms with van der Waals surface area (Å²) >= 11 is 3.61. The van der Waals surface area contributed by atoms with Crippen LogP contribution in [0.5, 0.6) is 0 Å². The number of nitrogens with zero attached hydrogens (tertiary/aromatic N) is 2. The maximum absolute atomic E-state index is 5.47. The van der Waals surface area contributed by atoms with E-state index in [9.17, 15) is 0 Å². The minimum atomic E-state index is 0.983. The fraction of sp³-hybridized carbons (Fsp3) is 0.111. The van der Waals surface area contributed by atoms with Crippen molar-refractivity contribution in [2.75, 3.05) is 11.5 Å². The molecule has 0 unspecified atom stereocenters. The molecule has 0 spiro atoms. The normalized spacial score (nSPS) is 15.4. The van der Waals surface area contributed by atoms with E-state index in [4.69, 9.17) is 9.98 Å². The number of thioether (sulfide) groups is 2. The minimum Gasteiger partial charge on any atom is -0.239 e. The zero-order valence-corrected chi connectivity index (χ0v) is 24.3. The fourth-order valence-electron chi connectivity index (χ4n) is 4.97. The molecule has 1 aliphatic rings. The lowest BCUT2D eigenvalue weighted by Crippen LogP contribution is -2.14. The highest BCUT2D eigenvalue weighted by Crippen LogP contribution is 2.44. The van der Waals surface area contributed by atoms with Crippen LogP contribution in [0.1, 0.15) is 11.1 Å². The van der Waals surface area contributed by atoms with Crippen molar-refractivity contribution >= 4 is 45.0 Å². The summed E-state index contributed by atoms with van der Waals surface area (Å²) in [6, 6.07) is 42.8. The van der Waals surface area contributed by atoms with Gasteiger partial charge in [-0.2, -0.15) is 0 Å². The van der Waals surface area contributed by atoms with E-state index < -0.39 is 0 Å². The van der Waals surface area contributed by atoms with Crippen molar-refractivity contribution in [3.8, 4) is 33.4 Å². The molecule has 40 heavy (non-hydrogen) atoms. The van der Waals surface area contributed by atoms with Crippen LogP contribution in [0.3, 0.4) is 0 Å². The van der Waals surface area contributed by atoms with Gasteiger partial charge in [0.05, 0.1) is 11.4 Å². The van der Waals surface area contributed by atoms with Crippen LogP contribution in [0.25, 0.3) is 33.4 Å². The lowest BCUT2D eigenvalue weighted by molar-refractivity contribution is 1.33. The zero-order valence-electron chi connectivity index (χ0n) is 22.7. The molecule has 196 valence electrons. The SMILES string of the molecule is Cc1cccc(C)c1N=C1SCCSC1=Nc1c(-c2ccccc2)cc(-c2ccccc2)cc1-c1ccccc1. The standard InChI is InChI=1S/C36H30N2S2/c1-25-13-12-14-26(2)33(25)37-35-36(40-22-21-39-35)38-34-31(28-17-8-4-9-18-28)23-30(27-15-6-3-7-16-27)24-32(34)29-19-10-5-11-20-29/h3-20,23-24H,21-22H2,1-2H3. The van der Waals surface area contributed by atoms with Crippen molar-refractivity contribution in [2.24, 2.45) is 9.98 Å². The van der Waals surface area contributed by atoms with Crippen LogP contribution in [0.2, 0.25) is 0 Å². The number of benzene rings is 5. The highest BCUT2D eigenvalue weighted by molar-refractivity contribution is 8.27. The van der Waals surface area contributed by atoms with Crippen LogP contribution in [-0.4, -0.2) is 21.6 Å². The Labute approximate surface area is 245 Å². The van der Waals surface area contributed by atoms with Gasteiger partial charge in [-0.3, -0.25) is 0 Å². The molecular formula is C36H30N2S2. The predicted octanol–water partition coefficient (Wildman–Crippen LogP) is 10.5. The van der Waals surface area contributed by atoms with Crippen molar-refractivity contribution in [2.45, 2.75) is 13.8 Å². The number of para-hydroxylation sites is 1. The number of aliphatic imine (C=N–C) groups is 2. The van der Waals surface area contributed by atoms with Crippen molar-refractivity contribution in [3.05, 3.63) is 132 Å². The maximum Gasteiger partial charge on any atom is 0.129 e. The highest BCUT2D eigenvalue weighted by Gasteiger charge is 2.21. The van der Waals surface area contributed by atoms with Gasteiger partial charge >= 0.3 is 0 Å². The van der Waals surface area contributed by atoms with E-state index in [1.807, 2.05) is 0 Å². The summed E-state index contributed by atoms with van der Waals surface area (Å²) in [5.74, 6) is 2.04. The molecule has 0 aromatic heterocycles. The van der Waals surface area contributed by atoms with Gasteiger partial charge in [0, 0.05) is 22.6 Å². The van der Waals surface area contributed by atoms with Crippen LogP contribution in [0.15, 0.2) is 131 Å². The average molecular weight is 555 g/mol. The Balaban J connectivity index is 1.61. The highest BCUT2D eigenvalue weighted by atomic mass is 32.2. The number of aryl methyl sites for hydroxylation is 2. The molecule has 2 nitrogen and oxygen atoms in total. The maximum atomic E-state index is 5.47. The second-order valence-electron chi connectivity index (χ2n) is 9.79. The molecule has 4 heteroatoms. The first-order valence-corrected chi connectivity index (χ1v) is 15.5. The number of hydrogen-bond donors (Lipinski definition) is 0. The first kappa shape index (κ1) is 26.4.